The molecule has 1 aliphatic rings. The average Bonchev–Trinajstić information content (AvgIpc) is 3.02. The first kappa shape index (κ1) is 23.7. The van der Waals surface area contributed by atoms with E-state index < -0.39 is 0 Å². The van der Waals surface area contributed by atoms with E-state index in [1.807, 2.05) is 13.8 Å². The van der Waals surface area contributed by atoms with Gasteiger partial charge >= 0.3 is 12.1 Å². The zero-order chi connectivity index (χ0) is 20.1. The van der Waals surface area contributed by atoms with Crippen molar-refractivity contribution in [2.24, 2.45) is 0 Å². The van der Waals surface area contributed by atoms with E-state index >= 15 is 0 Å². The number of nitrogens with one attached hydrogen (secondary N) is 1. The van der Waals surface area contributed by atoms with Crippen LogP contribution in [0.1, 0.15) is 85.0 Å². The van der Waals surface area contributed by atoms with Gasteiger partial charge < -0.3 is 19.7 Å². The van der Waals surface area contributed by atoms with Crippen molar-refractivity contribution in [3.05, 3.63) is 0 Å². The van der Waals surface area contributed by atoms with Crippen LogP contribution in [0.5, 0.6) is 0 Å². The van der Waals surface area contributed by atoms with E-state index in [9.17, 15) is 9.59 Å². The van der Waals surface area contributed by atoms with E-state index in [1.54, 1.807) is 0 Å². The number of carbonyl (C=O) groups is 2. The van der Waals surface area contributed by atoms with Crippen LogP contribution in [-0.4, -0.2) is 55.3 Å². The quantitative estimate of drug-likeness (QED) is 0.379. The number of esters is 1. The Bertz CT molecular complexity index is 428. The van der Waals surface area contributed by atoms with Crippen LogP contribution in [-0.2, 0) is 14.3 Å². The van der Waals surface area contributed by atoms with E-state index in [0.717, 1.165) is 32.2 Å². The molecule has 0 aromatic carbocycles. The summed E-state index contributed by atoms with van der Waals surface area (Å²) < 4.78 is 10.8. The minimum atomic E-state index is -0.369. The Morgan fingerprint density at radius 3 is 2.48 bits per heavy atom. The molecular weight excluding hydrogens is 344 g/mol. The molecule has 1 heterocycles. The van der Waals surface area contributed by atoms with Crippen LogP contribution in [0.25, 0.3) is 0 Å². The van der Waals surface area contributed by atoms with Gasteiger partial charge in [0.05, 0.1) is 6.10 Å². The van der Waals surface area contributed by atoms with Gasteiger partial charge in [0.25, 0.3) is 0 Å². The largest absolute Gasteiger partial charge is 0.463 e. The smallest absolute Gasteiger partial charge is 0.407 e. The van der Waals surface area contributed by atoms with Crippen molar-refractivity contribution < 1.29 is 19.1 Å². The maximum absolute atomic E-state index is 12.2. The number of amides is 1. The van der Waals surface area contributed by atoms with Crippen molar-refractivity contribution >= 4 is 12.1 Å². The zero-order valence-electron chi connectivity index (χ0n) is 17.8. The summed E-state index contributed by atoms with van der Waals surface area (Å²) in [5.41, 5.74) is 0. The number of hydrogen-bond acceptors (Lipinski definition) is 5. The SMILES string of the molecule is CCCCCCCC(CCC(=O)OC(C)C)OC(=O)NCC1CCCN1C. The summed E-state index contributed by atoms with van der Waals surface area (Å²) in [5.74, 6) is -0.224. The van der Waals surface area contributed by atoms with E-state index in [2.05, 4.69) is 24.2 Å². The molecular formula is C21H40N2O4. The molecule has 158 valence electrons. The van der Waals surface area contributed by atoms with Crippen molar-refractivity contribution in [3.63, 3.8) is 0 Å². The van der Waals surface area contributed by atoms with Crippen LogP contribution in [0.2, 0.25) is 0 Å². The molecule has 1 amide bonds. The molecule has 0 aliphatic carbocycles. The number of rotatable bonds is 13. The first-order chi connectivity index (χ1) is 12.9. The van der Waals surface area contributed by atoms with Crippen LogP contribution >= 0.6 is 0 Å². The fraction of sp³-hybridized carbons (Fsp3) is 0.905. The molecule has 0 bridgehead atoms. The number of unbranched alkanes of at least 4 members (excludes halogenated alkanes) is 4. The fourth-order valence-electron chi connectivity index (χ4n) is 3.47. The van der Waals surface area contributed by atoms with Gasteiger partial charge in [-0.2, -0.15) is 0 Å². The third-order valence-electron chi connectivity index (χ3n) is 5.09. The second-order valence-electron chi connectivity index (χ2n) is 7.97. The molecule has 0 aromatic rings. The normalized spacial score (nSPS) is 18.5. The number of likely N-dealkylation sites (tertiary alicyclic amines) is 1. The van der Waals surface area contributed by atoms with Crippen LogP contribution in [0, 0.1) is 0 Å². The van der Waals surface area contributed by atoms with Crippen LogP contribution in [0.4, 0.5) is 4.79 Å². The first-order valence-corrected chi connectivity index (χ1v) is 10.8. The van der Waals surface area contributed by atoms with Gasteiger partial charge in [0.15, 0.2) is 0 Å². The van der Waals surface area contributed by atoms with Gasteiger partial charge in [-0.05, 0) is 59.5 Å². The molecule has 2 atom stereocenters. The predicted molar refractivity (Wildman–Crippen MR) is 108 cm³/mol. The van der Waals surface area contributed by atoms with Crippen molar-refractivity contribution in [1.82, 2.24) is 10.2 Å². The summed E-state index contributed by atoms with van der Waals surface area (Å²) in [4.78, 5) is 26.3. The lowest BCUT2D eigenvalue weighted by atomic mass is 10.0. The highest BCUT2D eigenvalue weighted by molar-refractivity contribution is 5.70. The summed E-state index contributed by atoms with van der Waals surface area (Å²) in [7, 11) is 2.09. The minimum Gasteiger partial charge on any atom is -0.463 e. The molecule has 1 N–H and O–H groups in total. The molecule has 1 aliphatic heterocycles. The second-order valence-corrected chi connectivity index (χ2v) is 7.97. The van der Waals surface area contributed by atoms with Crippen molar-refractivity contribution in [1.29, 1.82) is 0 Å². The van der Waals surface area contributed by atoms with Gasteiger partial charge in [-0.15, -0.1) is 0 Å². The highest BCUT2D eigenvalue weighted by Crippen LogP contribution is 2.16. The Morgan fingerprint density at radius 2 is 1.85 bits per heavy atom. The second kappa shape index (κ2) is 13.8. The molecule has 0 radical (unpaired) electrons. The number of carbonyl (C=O) groups excluding carboxylic acids is 2. The maximum Gasteiger partial charge on any atom is 0.407 e. The maximum atomic E-state index is 12.2. The van der Waals surface area contributed by atoms with Gasteiger partial charge in [-0.3, -0.25) is 4.79 Å². The fourth-order valence-corrected chi connectivity index (χ4v) is 3.47. The molecule has 1 rings (SSSR count). The molecule has 0 spiro atoms. The summed E-state index contributed by atoms with van der Waals surface area (Å²) in [6.45, 7) is 7.58. The van der Waals surface area contributed by atoms with Gasteiger partial charge in [-0.25, -0.2) is 4.79 Å². The lowest BCUT2D eigenvalue weighted by Gasteiger charge is -2.22. The summed E-state index contributed by atoms with van der Waals surface area (Å²) in [5, 5.41) is 2.90. The van der Waals surface area contributed by atoms with E-state index in [4.69, 9.17) is 9.47 Å². The van der Waals surface area contributed by atoms with Gasteiger partial charge in [0.2, 0.25) is 0 Å². The third-order valence-corrected chi connectivity index (χ3v) is 5.09. The monoisotopic (exact) mass is 384 g/mol. The molecule has 6 heteroatoms. The molecule has 2 unspecified atom stereocenters. The lowest BCUT2D eigenvalue weighted by Crippen LogP contribution is -2.39. The molecule has 0 saturated carbocycles. The number of ether oxygens (including phenoxy) is 2. The number of hydrogen-bond donors (Lipinski definition) is 1. The average molecular weight is 385 g/mol. The van der Waals surface area contributed by atoms with Crippen LogP contribution < -0.4 is 5.32 Å². The Morgan fingerprint density at radius 1 is 1.11 bits per heavy atom. The van der Waals surface area contributed by atoms with Crippen molar-refractivity contribution in [3.8, 4) is 0 Å². The van der Waals surface area contributed by atoms with Crippen molar-refractivity contribution in [2.45, 2.75) is 103 Å². The minimum absolute atomic E-state index is 0.113. The Hall–Kier alpha value is -1.30. The molecule has 6 nitrogen and oxygen atoms in total. The topological polar surface area (TPSA) is 67.9 Å². The number of alkyl carbamates (subject to hydrolysis) is 1. The summed E-state index contributed by atoms with van der Waals surface area (Å²) >= 11 is 0. The third kappa shape index (κ3) is 11.2. The number of likely N-dealkylation sites (N-methyl/N-ethyl adjacent to an activating group) is 1. The van der Waals surface area contributed by atoms with Gasteiger partial charge in [-0.1, -0.05) is 32.6 Å². The standard InChI is InChI=1S/C21H40N2O4/c1-5-6-7-8-9-12-19(13-14-20(24)26-17(2)3)27-21(25)22-16-18-11-10-15-23(18)4/h17-19H,5-16H2,1-4H3,(H,22,25). The first-order valence-electron chi connectivity index (χ1n) is 10.8. The van der Waals surface area contributed by atoms with E-state index in [1.165, 1.54) is 25.7 Å². The van der Waals surface area contributed by atoms with Gasteiger partial charge in [0, 0.05) is 19.0 Å². The van der Waals surface area contributed by atoms with Crippen LogP contribution in [0.3, 0.4) is 0 Å². The zero-order valence-corrected chi connectivity index (χ0v) is 17.8. The van der Waals surface area contributed by atoms with E-state index in [-0.39, 0.29) is 30.7 Å². The molecule has 1 saturated heterocycles. The number of nitrogens with zero attached hydrogens (tertiary/aromatic N) is 1. The predicted octanol–water partition coefficient (Wildman–Crippen LogP) is 4.27. The summed E-state index contributed by atoms with van der Waals surface area (Å²) in [6.07, 6.45) is 8.99. The molecule has 1 fully saturated rings. The highest BCUT2D eigenvalue weighted by Gasteiger charge is 2.22. The lowest BCUT2D eigenvalue weighted by molar-refractivity contribution is -0.148. The van der Waals surface area contributed by atoms with Crippen LogP contribution in [0.15, 0.2) is 0 Å². The van der Waals surface area contributed by atoms with E-state index in [0.29, 0.717) is 19.0 Å². The van der Waals surface area contributed by atoms with Crippen molar-refractivity contribution in [2.75, 3.05) is 20.1 Å². The highest BCUT2D eigenvalue weighted by atomic mass is 16.6. The summed E-state index contributed by atoms with van der Waals surface area (Å²) in [6, 6.07) is 0.395. The van der Waals surface area contributed by atoms with Gasteiger partial charge in [0.1, 0.15) is 6.10 Å². The Labute approximate surface area is 165 Å². The molecule has 0 aromatic heterocycles. The Kier molecular flexibility index (Phi) is 12.1. The Balaban J connectivity index is 2.37. The molecule has 27 heavy (non-hydrogen) atoms.